The van der Waals surface area contributed by atoms with Gasteiger partial charge in [0.1, 0.15) is 5.82 Å². The van der Waals surface area contributed by atoms with E-state index in [9.17, 15) is 10.2 Å². The van der Waals surface area contributed by atoms with Crippen molar-refractivity contribution in [2.24, 2.45) is 0 Å². The molecule has 0 saturated heterocycles. The van der Waals surface area contributed by atoms with Crippen molar-refractivity contribution in [1.82, 2.24) is 9.78 Å². The number of aryl methyl sites for hydroxylation is 1. The lowest BCUT2D eigenvalue weighted by atomic mass is 10.2. The van der Waals surface area contributed by atoms with Gasteiger partial charge in [0.25, 0.3) is 0 Å². The Labute approximate surface area is 124 Å². The zero-order valence-corrected chi connectivity index (χ0v) is 12.2. The summed E-state index contributed by atoms with van der Waals surface area (Å²) < 4.78 is 1.81. The molecular weight excluding hydrogens is 266 g/mol. The summed E-state index contributed by atoms with van der Waals surface area (Å²) in [6, 6.07) is 9.75. The first kappa shape index (κ1) is 15.3. The second-order valence-electron chi connectivity index (χ2n) is 4.75. The first-order valence-electron chi connectivity index (χ1n) is 6.94. The Kier molecular flexibility index (Phi) is 5.14. The summed E-state index contributed by atoms with van der Waals surface area (Å²) >= 11 is 0. The highest BCUT2D eigenvalue weighted by molar-refractivity contribution is 5.55. The summed E-state index contributed by atoms with van der Waals surface area (Å²) in [5.41, 5.74) is 2.47. The maximum Gasteiger partial charge on any atom is 0.138 e. The summed E-state index contributed by atoms with van der Waals surface area (Å²) in [7, 11) is 0. The number of para-hydroxylation sites is 1. The molecule has 0 atom stereocenters. The van der Waals surface area contributed by atoms with E-state index < -0.39 is 0 Å². The number of aromatic nitrogens is 2. The average molecular weight is 287 g/mol. The minimum absolute atomic E-state index is 0.0255. The summed E-state index contributed by atoms with van der Waals surface area (Å²) in [6.07, 6.45) is 1.77. The molecule has 2 aromatic rings. The van der Waals surface area contributed by atoms with Gasteiger partial charge in [0.2, 0.25) is 0 Å². The van der Waals surface area contributed by atoms with Gasteiger partial charge in [-0.1, -0.05) is 24.3 Å². The lowest BCUT2D eigenvalue weighted by Gasteiger charge is -2.24. The topological polar surface area (TPSA) is 61.5 Å². The van der Waals surface area contributed by atoms with E-state index >= 15 is 0 Å². The van der Waals surface area contributed by atoms with Gasteiger partial charge in [-0.15, -0.1) is 6.58 Å². The van der Waals surface area contributed by atoms with Gasteiger partial charge in [0, 0.05) is 18.7 Å². The van der Waals surface area contributed by atoms with Crippen molar-refractivity contribution in [3.63, 3.8) is 0 Å². The van der Waals surface area contributed by atoms with Gasteiger partial charge in [-0.05, 0) is 19.1 Å². The minimum atomic E-state index is -0.0902. The number of hydrogen-bond donors (Lipinski definition) is 2. The molecule has 0 radical (unpaired) electrons. The highest BCUT2D eigenvalue weighted by Gasteiger charge is 2.20. The number of benzene rings is 1. The molecule has 0 amide bonds. The second kappa shape index (κ2) is 7.06. The predicted octanol–water partition coefficient (Wildman–Crippen LogP) is 1.66. The van der Waals surface area contributed by atoms with E-state index in [1.54, 1.807) is 10.8 Å². The van der Waals surface area contributed by atoms with Crippen LogP contribution in [-0.4, -0.2) is 39.7 Å². The lowest BCUT2D eigenvalue weighted by molar-refractivity contribution is 0.280. The number of aliphatic hydroxyl groups is 2. The van der Waals surface area contributed by atoms with E-state index in [2.05, 4.69) is 11.7 Å². The first-order chi connectivity index (χ1) is 10.2. The van der Waals surface area contributed by atoms with E-state index in [1.165, 1.54) is 0 Å². The summed E-state index contributed by atoms with van der Waals surface area (Å²) in [4.78, 5) is 1.96. The number of nitrogens with zero attached hydrogens (tertiary/aromatic N) is 3. The van der Waals surface area contributed by atoms with Crippen LogP contribution in [0.2, 0.25) is 0 Å². The van der Waals surface area contributed by atoms with E-state index in [0.717, 1.165) is 22.8 Å². The largest absolute Gasteiger partial charge is 0.395 e. The van der Waals surface area contributed by atoms with Crippen LogP contribution in [0.15, 0.2) is 43.0 Å². The Morgan fingerprint density at radius 2 is 2.00 bits per heavy atom. The summed E-state index contributed by atoms with van der Waals surface area (Å²) in [6.45, 7) is 6.60. The molecule has 0 saturated carbocycles. The highest BCUT2D eigenvalue weighted by Crippen LogP contribution is 2.27. The molecule has 2 N–H and O–H groups in total. The first-order valence-corrected chi connectivity index (χ1v) is 6.94. The smallest absolute Gasteiger partial charge is 0.138 e. The van der Waals surface area contributed by atoms with E-state index in [0.29, 0.717) is 13.1 Å². The molecule has 112 valence electrons. The van der Waals surface area contributed by atoms with Crippen LogP contribution in [0.3, 0.4) is 0 Å². The molecule has 0 fully saturated rings. The van der Waals surface area contributed by atoms with Crippen LogP contribution in [0.1, 0.15) is 11.3 Å². The SMILES string of the molecule is C=CCN(CCO)c1c(CO)c(C)nn1-c1ccccc1. The highest BCUT2D eigenvalue weighted by atomic mass is 16.3. The quantitative estimate of drug-likeness (QED) is 0.760. The van der Waals surface area contributed by atoms with Gasteiger partial charge >= 0.3 is 0 Å². The number of hydrogen-bond acceptors (Lipinski definition) is 4. The van der Waals surface area contributed by atoms with Gasteiger partial charge in [-0.25, -0.2) is 4.68 Å². The van der Waals surface area contributed by atoms with Crippen LogP contribution in [0, 0.1) is 6.92 Å². The van der Waals surface area contributed by atoms with Crippen LogP contribution < -0.4 is 4.90 Å². The molecule has 5 nitrogen and oxygen atoms in total. The van der Waals surface area contributed by atoms with E-state index in [4.69, 9.17) is 0 Å². The molecule has 2 rings (SSSR count). The van der Waals surface area contributed by atoms with Gasteiger partial charge in [-0.3, -0.25) is 0 Å². The van der Waals surface area contributed by atoms with Gasteiger partial charge in [0.15, 0.2) is 0 Å². The van der Waals surface area contributed by atoms with E-state index in [-0.39, 0.29) is 13.2 Å². The summed E-state index contributed by atoms with van der Waals surface area (Å²) in [5.74, 6) is 0.801. The standard InChI is InChI=1S/C16H21N3O2/c1-3-9-18(10-11-20)16-15(12-21)13(2)17-19(16)14-7-5-4-6-8-14/h3-8,20-21H,1,9-12H2,2H3. The number of aliphatic hydroxyl groups excluding tert-OH is 2. The Hall–Kier alpha value is -2.11. The van der Waals surface area contributed by atoms with Gasteiger partial charge in [-0.2, -0.15) is 5.10 Å². The van der Waals surface area contributed by atoms with Crippen molar-refractivity contribution in [3.8, 4) is 5.69 Å². The van der Waals surface area contributed by atoms with Gasteiger partial charge < -0.3 is 15.1 Å². The molecule has 5 heteroatoms. The van der Waals surface area contributed by atoms with Crippen molar-refractivity contribution in [3.05, 3.63) is 54.2 Å². The Morgan fingerprint density at radius 1 is 1.29 bits per heavy atom. The fourth-order valence-corrected chi connectivity index (χ4v) is 2.37. The molecule has 1 aromatic heterocycles. The maximum atomic E-state index is 9.68. The Morgan fingerprint density at radius 3 is 2.57 bits per heavy atom. The number of rotatable bonds is 7. The average Bonchev–Trinajstić information content (AvgIpc) is 2.84. The third kappa shape index (κ3) is 3.15. The minimum Gasteiger partial charge on any atom is -0.395 e. The Bertz CT molecular complexity index is 593. The van der Waals surface area contributed by atoms with Crippen molar-refractivity contribution < 1.29 is 10.2 Å². The van der Waals surface area contributed by atoms with Crippen LogP contribution in [0.25, 0.3) is 5.69 Å². The molecule has 1 aromatic carbocycles. The third-order valence-corrected chi connectivity index (χ3v) is 3.34. The summed E-state index contributed by atoms with van der Waals surface area (Å²) in [5, 5.41) is 23.5. The van der Waals surface area contributed by atoms with Crippen molar-refractivity contribution in [2.75, 3.05) is 24.6 Å². The van der Waals surface area contributed by atoms with Crippen molar-refractivity contribution >= 4 is 5.82 Å². The molecule has 0 spiro atoms. The van der Waals surface area contributed by atoms with Crippen molar-refractivity contribution in [2.45, 2.75) is 13.5 Å². The van der Waals surface area contributed by atoms with Crippen LogP contribution in [-0.2, 0) is 6.61 Å². The zero-order valence-electron chi connectivity index (χ0n) is 12.2. The molecule has 0 unspecified atom stereocenters. The van der Waals surface area contributed by atoms with Gasteiger partial charge in [0.05, 0.1) is 24.6 Å². The molecular formula is C16H21N3O2. The molecule has 0 aliphatic rings. The third-order valence-electron chi connectivity index (χ3n) is 3.34. The fourth-order valence-electron chi connectivity index (χ4n) is 2.37. The molecule has 0 bridgehead atoms. The molecule has 1 heterocycles. The van der Waals surface area contributed by atoms with E-state index in [1.807, 2.05) is 42.2 Å². The van der Waals surface area contributed by atoms with Crippen molar-refractivity contribution in [1.29, 1.82) is 0 Å². The maximum absolute atomic E-state index is 9.68. The Balaban J connectivity index is 2.57. The second-order valence-corrected chi connectivity index (χ2v) is 4.75. The molecule has 0 aliphatic heterocycles. The predicted molar refractivity (Wildman–Crippen MR) is 83.7 cm³/mol. The fraction of sp³-hybridized carbons (Fsp3) is 0.312. The zero-order chi connectivity index (χ0) is 15.2. The normalized spacial score (nSPS) is 10.6. The molecule has 21 heavy (non-hydrogen) atoms. The number of anilines is 1. The van der Waals surface area contributed by atoms with Crippen LogP contribution in [0.4, 0.5) is 5.82 Å². The van der Waals surface area contributed by atoms with Crippen LogP contribution >= 0.6 is 0 Å². The lowest BCUT2D eigenvalue weighted by Crippen LogP contribution is -2.29. The van der Waals surface area contributed by atoms with Crippen LogP contribution in [0.5, 0.6) is 0 Å². The monoisotopic (exact) mass is 287 g/mol. The molecule has 0 aliphatic carbocycles.